The Morgan fingerprint density at radius 2 is 1.86 bits per heavy atom. The van der Waals surface area contributed by atoms with Crippen LogP contribution in [0, 0.1) is 0 Å². The van der Waals surface area contributed by atoms with Gasteiger partial charge in [0.1, 0.15) is 5.75 Å². The Labute approximate surface area is 165 Å². The van der Waals surface area contributed by atoms with Crippen LogP contribution in [-0.4, -0.2) is 38.1 Å². The fourth-order valence-corrected chi connectivity index (χ4v) is 3.92. The second-order valence-electron chi connectivity index (χ2n) is 7.37. The summed E-state index contributed by atoms with van der Waals surface area (Å²) in [5, 5.41) is 9.44. The first-order valence-corrected chi connectivity index (χ1v) is 9.88. The maximum absolute atomic E-state index is 13.1. The van der Waals surface area contributed by atoms with Crippen molar-refractivity contribution in [3.63, 3.8) is 0 Å². The number of phenols is 1. The van der Waals surface area contributed by atoms with Crippen molar-refractivity contribution in [2.45, 2.75) is 38.1 Å². The highest BCUT2D eigenvalue weighted by molar-refractivity contribution is 5.94. The van der Waals surface area contributed by atoms with Crippen LogP contribution in [-0.2, 0) is 6.42 Å². The molecule has 5 nitrogen and oxygen atoms in total. The van der Waals surface area contributed by atoms with E-state index in [4.69, 9.17) is 0 Å². The molecule has 1 atom stereocenters. The van der Waals surface area contributed by atoms with E-state index in [2.05, 4.69) is 9.88 Å². The van der Waals surface area contributed by atoms with Crippen LogP contribution in [0.1, 0.15) is 41.6 Å². The molecule has 5 heteroatoms. The first kappa shape index (κ1) is 18.3. The molecule has 144 valence electrons. The monoisotopic (exact) mass is 375 g/mol. The largest absolute Gasteiger partial charge is 0.508 e. The number of piperidine rings is 1. The normalized spacial score (nSPS) is 16.9. The van der Waals surface area contributed by atoms with E-state index >= 15 is 0 Å². The lowest BCUT2D eigenvalue weighted by Gasteiger charge is -2.36. The van der Waals surface area contributed by atoms with E-state index in [0.717, 1.165) is 43.5 Å². The van der Waals surface area contributed by atoms with E-state index in [0.29, 0.717) is 0 Å². The number of hydrogen-bond donors (Lipinski definition) is 1. The van der Waals surface area contributed by atoms with Crippen molar-refractivity contribution in [3.8, 4) is 11.4 Å². The third-order valence-corrected chi connectivity index (χ3v) is 5.51. The van der Waals surface area contributed by atoms with Gasteiger partial charge in [0, 0.05) is 36.2 Å². The summed E-state index contributed by atoms with van der Waals surface area (Å²) in [7, 11) is 0. The number of likely N-dealkylation sites (tertiary alicyclic amines) is 1. The van der Waals surface area contributed by atoms with Gasteiger partial charge in [-0.3, -0.25) is 4.79 Å². The van der Waals surface area contributed by atoms with Crippen LogP contribution in [0.2, 0.25) is 0 Å². The second-order valence-corrected chi connectivity index (χ2v) is 7.37. The molecule has 1 saturated heterocycles. The molecule has 0 saturated carbocycles. The summed E-state index contributed by atoms with van der Waals surface area (Å²) in [4.78, 5) is 19.3. The van der Waals surface area contributed by atoms with Gasteiger partial charge in [0.2, 0.25) is 0 Å². The van der Waals surface area contributed by atoms with Crippen molar-refractivity contribution >= 4 is 5.91 Å². The summed E-state index contributed by atoms with van der Waals surface area (Å²) in [6, 6.07) is 15.4. The minimum Gasteiger partial charge on any atom is -0.508 e. The third-order valence-electron chi connectivity index (χ3n) is 5.51. The molecule has 2 heterocycles. The zero-order valence-electron chi connectivity index (χ0n) is 15.9. The molecule has 3 aromatic rings. The van der Waals surface area contributed by atoms with Crippen LogP contribution >= 0.6 is 0 Å². The average molecular weight is 375 g/mol. The summed E-state index contributed by atoms with van der Waals surface area (Å²) in [6.07, 6.45) is 10.5. The van der Waals surface area contributed by atoms with Crippen LogP contribution in [0.5, 0.6) is 5.75 Å². The van der Waals surface area contributed by atoms with E-state index in [9.17, 15) is 9.90 Å². The van der Waals surface area contributed by atoms with Gasteiger partial charge < -0.3 is 14.6 Å². The zero-order valence-corrected chi connectivity index (χ0v) is 15.9. The molecule has 0 unspecified atom stereocenters. The van der Waals surface area contributed by atoms with E-state index in [-0.39, 0.29) is 17.7 Å². The lowest BCUT2D eigenvalue weighted by Crippen LogP contribution is -2.44. The van der Waals surface area contributed by atoms with Gasteiger partial charge in [-0.25, -0.2) is 4.98 Å². The van der Waals surface area contributed by atoms with Crippen LogP contribution in [0.4, 0.5) is 0 Å². The third kappa shape index (κ3) is 4.09. The molecule has 1 amide bonds. The lowest BCUT2D eigenvalue weighted by atomic mass is 9.95. The van der Waals surface area contributed by atoms with Crippen LogP contribution in [0.25, 0.3) is 5.69 Å². The standard InChI is InChI=1S/C23H25N3O2/c27-22-12-5-18(6-13-22)4-9-21-3-1-2-15-26(21)23(28)19-7-10-20(11-8-19)25-16-14-24-17-25/h5-8,10-14,16-17,21,27H,1-4,9,15H2/t21-/m1/s1. The number of aromatic nitrogens is 2. The first-order valence-electron chi connectivity index (χ1n) is 9.88. The Morgan fingerprint density at radius 1 is 1.07 bits per heavy atom. The molecule has 0 bridgehead atoms. The molecular weight excluding hydrogens is 350 g/mol. The number of rotatable bonds is 5. The predicted molar refractivity (Wildman–Crippen MR) is 109 cm³/mol. The number of phenolic OH excluding ortho intramolecular Hbond substituents is 1. The van der Waals surface area contributed by atoms with E-state index < -0.39 is 0 Å². The number of carbonyl (C=O) groups excluding carboxylic acids is 1. The van der Waals surface area contributed by atoms with Gasteiger partial charge in [-0.15, -0.1) is 0 Å². The fraction of sp³-hybridized carbons (Fsp3) is 0.304. The van der Waals surface area contributed by atoms with Gasteiger partial charge in [-0.2, -0.15) is 0 Å². The topological polar surface area (TPSA) is 58.4 Å². The zero-order chi connectivity index (χ0) is 19.3. The Kier molecular flexibility index (Phi) is 5.42. The quantitative estimate of drug-likeness (QED) is 0.727. The number of benzene rings is 2. The molecule has 0 aliphatic carbocycles. The van der Waals surface area contributed by atoms with Gasteiger partial charge in [-0.05, 0) is 74.1 Å². The maximum Gasteiger partial charge on any atom is 0.254 e. The molecule has 0 radical (unpaired) electrons. The molecule has 28 heavy (non-hydrogen) atoms. The predicted octanol–water partition coefficient (Wildman–Crippen LogP) is 4.21. The highest BCUT2D eigenvalue weighted by atomic mass is 16.3. The Balaban J connectivity index is 1.44. The van der Waals surface area contributed by atoms with Gasteiger partial charge >= 0.3 is 0 Å². The maximum atomic E-state index is 13.1. The molecule has 1 fully saturated rings. The molecule has 1 N–H and O–H groups in total. The minimum atomic E-state index is 0.118. The number of hydrogen-bond acceptors (Lipinski definition) is 3. The molecule has 1 aliphatic rings. The highest BCUT2D eigenvalue weighted by Gasteiger charge is 2.27. The van der Waals surface area contributed by atoms with Crippen molar-refractivity contribution in [2.24, 2.45) is 0 Å². The number of aryl methyl sites for hydroxylation is 1. The summed E-state index contributed by atoms with van der Waals surface area (Å²) in [5.41, 5.74) is 2.93. The number of nitrogens with zero attached hydrogens (tertiary/aromatic N) is 3. The van der Waals surface area contributed by atoms with Crippen molar-refractivity contribution in [2.75, 3.05) is 6.54 Å². The van der Waals surface area contributed by atoms with E-state index in [1.807, 2.05) is 47.2 Å². The van der Waals surface area contributed by atoms with Crippen molar-refractivity contribution < 1.29 is 9.90 Å². The van der Waals surface area contributed by atoms with Crippen molar-refractivity contribution in [1.29, 1.82) is 0 Å². The molecule has 0 spiro atoms. The fourth-order valence-electron chi connectivity index (χ4n) is 3.92. The molecule has 1 aromatic heterocycles. The van der Waals surface area contributed by atoms with Gasteiger partial charge in [0.15, 0.2) is 0 Å². The highest BCUT2D eigenvalue weighted by Crippen LogP contribution is 2.24. The average Bonchev–Trinajstić information content (AvgIpc) is 3.28. The Morgan fingerprint density at radius 3 is 2.57 bits per heavy atom. The van der Waals surface area contributed by atoms with Crippen LogP contribution < -0.4 is 0 Å². The van der Waals surface area contributed by atoms with E-state index in [1.54, 1.807) is 24.7 Å². The summed E-state index contributed by atoms with van der Waals surface area (Å²) < 4.78 is 1.93. The SMILES string of the molecule is O=C(c1ccc(-n2ccnc2)cc1)N1CCCC[C@@H]1CCc1ccc(O)cc1. The molecule has 1 aliphatic heterocycles. The summed E-state index contributed by atoms with van der Waals surface area (Å²) >= 11 is 0. The van der Waals surface area contributed by atoms with Gasteiger partial charge in [0.25, 0.3) is 5.91 Å². The second kappa shape index (κ2) is 8.30. The number of amides is 1. The number of imidazole rings is 1. The van der Waals surface area contributed by atoms with Crippen molar-refractivity contribution in [3.05, 3.63) is 78.4 Å². The molecular formula is C23H25N3O2. The summed E-state index contributed by atoms with van der Waals surface area (Å²) in [6.45, 7) is 0.822. The Bertz CT molecular complexity index is 902. The van der Waals surface area contributed by atoms with Crippen molar-refractivity contribution in [1.82, 2.24) is 14.5 Å². The minimum absolute atomic E-state index is 0.118. The smallest absolute Gasteiger partial charge is 0.254 e. The van der Waals surface area contributed by atoms with Crippen LogP contribution in [0.15, 0.2) is 67.3 Å². The van der Waals surface area contributed by atoms with Crippen LogP contribution in [0.3, 0.4) is 0 Å². The van der Waals surface area contributed by atoms with Gasteiger partial charge in [0.05, 0.1) is 6.33 Å². The Hall–Kier alpha value is -3.08. The first-order chi connectivity index (χ1) is 13.7. The molecule has 2 aromatic carbocycles. The lowest BCUT2D eigenvalue weighted by molar-refractivity contribution is 0.0602. The molecule has 4 rings (SSSR count). The number of carbonyl (C=O) groups is 1. The van der Waals surface area contributed by atoms with Gasteiger partial charge in [-0.1, -0.05) is 12.1 Å². The van der Waals surface area contributed by atoms with E-state index in [1.165, 1.54) is 12.0 Å². The summed E-state index contributed by atoms with van der Waals surface area (Å²) in [5.74, 6) is 0.407. The number of aromatic hydroxyl groups is 1.